The average molecular weight is 307 g/mol. The largest absolute Gasteiger partial charge is 0.465 e. The maximum Gasteiger partial charge on any atom is 0.407 e. The van der Waals surface area contributed by atoms with Crippen LogP contribution in [0.25, 0.3) is 0 Å². The van der Waals surface area contributed by atoms with Crippen molar-refractivity contribution in [2.75, 3.05) is 19.6 Å². The topological polar surface area (TPSA) is 108 Å². The molecule has 1 saturated heterocycles. The van der Waals surface area contributed by atoms with Gasteiger partial charge >= 0.3 is 12.2 Å². The van der Waals surface area contributed by atoms with Gasteiger partial charge in [-0.05, 0) is 5.56 Å². The van der Waals surface area contributed by atoms with Crippen LogP contribution in [0.4, 0.5) is 9.59 Å². The quantitative estimate of drug-likeness (QED) is 0.729. The number of amides is 3. The van der Waals surface area contributed by atoms with Crippen LogP contribution in [-0.2, 0) is 16.1 Å². The van der Waals surface area contributed by atoms with Gasteiger partial charge in [-0.1, -0.05) is 30.3 Å². The van der Waals surface area contributed by atoms with Crippen molar-refractivity contribution < 1.29 is 24.2 Å². The lowest BCUT2D eigenvalue weighted by atomic mass is 10.1. The van der Waals surface area contributed by atoms with Gasteiger partial charge in [0.25, 0.3) is 0 Å². The fourth-order valence-corrected chi connectivity index (χ4v) is 1.93. The Morgan fingerprint density at radius 2 is 1.91 bits per heavy atom. The van der Waals surface area contributed by atoms with Gasteiger partial charge in [0.15, 0.2) is 0 Å². The Hall–Kier alpha value is -2.77. The highest BCUT2D eigenvalue weighted by Gasteiger charge is 2.31. The molecule has 0 unspecified atom stereocenters. The molecule has 0 atom stereocenters. The third kappa shape index (κ3) is 4.65. The summed E-state index contributed by atoms with van der Waals surface area (Å²) in [5, 5.41) is 13.6. The minimum absolute atomic E-state index is 0.129. The molecule has 118 valence electrons. The number of nitrogens with zero attached hydrogens (tertiary/aromatic N) is 1. The highest BCUT2D eigenvalue weighted by molar-refractivity contribution is 5.82. The third-order valence-electron chi connectivity index (χ3n) is 3.12. The summed E-state index contributed by atoms with van der Waals surface area (Å²) in [5.41, 5.74) is 0.852. The number of benzene rings is 1. The van der Waals surface area contributed by atoms with E-state index in [1.165, 1.54) is 4.90 Å². The summed E-state index contributed by atoms with van der Waals surface area (Å²) in [4.78, 5) is 34.7. The smallest absolute Gasteiger partial charge is 0.407 e. The Labute approximate surface area is 127 Å². The molecule has 1 aliphatic heterocycles. The number of carbonyl (C=O) groups is 3. The zero-order valence-electron chi connectivity index (χ0n) is 11.8. The number of nitrogens with one attached hydrogen (secondary N) is 2. The Morgan fingerprint density at radius 1 is 1.23 bits per heavy atom. The first-order chi connectivity index (χ1) is 10.5. The second-order valence-electron chi connectivity index (χ2n) is 4.87. The fourth-order valence-electron chi connectivity index (χ4n) is 1.93. The maximum atomic E-state index is 11.6. The van der Waals surface area contributed by atoms with Crippen LogP contribution in [0.15, 0.2) is 30.3 Å². The van der Waals surface area contributed by atoms with Gasteiger partial charge in [0.1, 0.15) is 13.2 Å². The molecule has 0 radical (unpaired) electrons. The summed E-state index contributed by atoms with van der Waals surface area (Å²) < 4.78 is 4.96. The number of carbonyl (C=O) groups excluding carboxylic acids is 2. The predicted molar refractivity (Wildman–Crippen MR) is 76.2 cm³/mol. The van der Waals surface area contributed by atoms with E-state index in [0.717, 1.165) is 5.56 Å². The predicted octanol–water partition coefficient (Wildman–Crippen LogP) is 0.391. The number of ether oxygens (including phenoxy) is 1. The monoisotopic (exact) mass is 307 g/mol. The van der Waals surface area contributed by atoms with Gasteiger partial charge in [0, 0.05) is 13.1 Å². The van der Waals surface area contributed by atoms with Crippen molar-refractivity contribution in [3.8, 4) is 0 Å². The first-order valence-corrected chi connectivity index (χ1v) is 6.76. The van der Waals surface area contributed by atoms with Gasteiger partial charge in [0.2, 0.25) is 5.91 Å². The van der Waals surface area contributed by atoms with Crippen LogP contribution in [0, 0.1) is 0 Å². The molecule has 0 bridgehead atoms. The van der Waals surface area contributed by atoms with E-state index in [-0.39, 0.29) is 38.2 Å². The van der Waals surface area contributed by atoms with Gasteiger partial charge in [-0.25, -0.2) is 9.59 Å². The lowest BCUT2D eigenvalue weighted by molar-refractivity contribution is -0.121. The van der Waals surface area contributed by atoms with E-state index in [0.29, 0.717) is 0 Å². The standard InChI is InChI=1S/C14H17N3O5/c18-12(16-11-7-17(8-11)14(20)21)6-15-13(19)22-9-10-4-2-1-3-5-10/h1-5,11H,6-9H2,(H,15,19)(H,16,18)(H,20,21). The fraction of sp³-hybridized carbons (Fsp3) is 0.357. The lowest BCUT2D eigenvalue weighted by Gasteiger charge is -2.37. The lowest BCUT2D eigenvalue weighted by Crippen LogP contribution is -2.61. The SMILES string of the molecule is O=C(CNC(=O)OCc1ccccc1)NC1CN(C(=O)O)C1. The van der Waals surface area contributed by atoms with E-state index in [4.69, 9.17) is 9.84 Å². The van der Waals surface area contributed by atoms with Crippen LogP contribution in [0.3, 0.4) is 0 Å². The molecular weight excluding hydrogens is 290 g/mol. The number of hydrogen-bond acceptors (Lipinski definition) is 4. The van der Waals surface area contributed by atoms with Crippen LogP contribution in [0.2, 0.25) is 0 Å². The number of rotatable bonds is 5. The third-order valence-corrected chi connectivity index (χ3v) is 3.12. The molecule has 1 fully saturated rings. The summed E-state index contributed by atoms with van der Waals surface area (Å²) in [6, 6.07) is 8.98. The zero-order valence-corrected chi connectivity index (χ0v) is 11.8. The van der Waals surface area contributed by atoms with Crippen molar-refractivity contribution in [3.05, 3.63) is 35.9 Å². The Balaban J connectivity index is 1.58. The second kappa shape index (κ2) is 7.30. The average Bonchev–Trinajstić information content (AvgIpc) is 2.47. The van der Waals surface area contributed by atoms with Gasteiger partial charge in [-0.2, -0.15) is 0 Å². The van der Waals surface area contributed by atoms with E-state index in [9.17, 15) is 14.4 Å². The summed E-state index contributed by atoms with van der Waals surface area (Å²) in [6.07, 6.45) is -1.69. The summed E-state index contributed by atoms with van der Waals surface area (Å²) in [7, 11) is 0. The molecule has 22 heavy (non-hydrogen) atoms. The maximum absolute atomic E-state index is 11.6. The number of hydrogen-bond donors (Lipinski definition) is 3. The molecule has 8 nitrogen and oxygen atoms in total. The molecule has 1 heterocycles. The molecule has 3 N–H and O–H groups in total. The van der Waals surface area contributed by atoms with E-state index in [1.54, 1.807) is 0 Å². The van der Waals surface area contributed by atoms with Crippen molar-refractivity contribution in [2.45, 2.75) is 12.6 Å². The first-order valence-electron chi connectivity index (χ1n) is 6.76. The van der Waals surface area contributed by atoms with Gasteiger partial charge in [-0.3, -0.25) is 4.79 Å². The van der Waals surface area contributed by atoms with Gasteiger partial charge in [-0.15, -0.1) is 0 Å². The zero-order chi connectivity index (χ0) is 15.9. The highest BCUT2D eigenvalue weighted by atomic mass is 16.5. The Bertz CT molecular complexity index is 543. The molecule has 8 heteroatoms. The van der Waals surface area contributed by atoms with E-state index < -0.39 is 12.2 Å². The minimum Gasteiger partial charge on any atom is -0.465 e. The molecule has 0 aromatic heterocycles. The van der Waals surface area contributed by atoms with Crippen molar-refractivity contribution in [2.24, 2.45) is 0 Å². The van der Waals surface area contributed by atoms with Crippen LogP contribution in [0.5, 0.6) is 0 Å². The highest BCUT2D eigenvalue weighted by Crippen LogP contribution is 2.07. The molecule has 2 rings (SSSR count). The number of alkyl carbamates (subject to hydrolysis) is 1. The number of carboxylic acid groups (broad SMARTS) is 1. The van der Waals surface area contributed by atoms with Crippen LogP contribution < -0.4 is 10.6 Å². The van der Waals surface area contributed by atoms with Gasteiger partial charge < -0.3 is 25.4 Å². The molecule has 3 amide bonds. The van der Waals surface area contributed by atoms with E-state index in [1.807, 2.05) is 30.3 Å². The molecule has 1 aromatic carbocycles. The van der Waals surface area contributed by atoms with Crippen LogP contribution in [0.1, 0.15) is 5.56 Å². The molecule has 1 aromatic rings. The normalized spacial score (nSPS) is 13.9. The molecule has 0 spiro atoms. The summed E-state index contributed by atoms with van der Waals surface area (Å²) >= 11 is 0. The summed E-state index contributed by atoms with van der Waals surface area (Å²) in [6.45, 7) is 0.445. The second-order valence-corrected chi connectivity index (χ2v) is 4.87. The summed E-state index contributed by atoms with van der Waals surface area (Å²) in [5.74, 6) is -0.383. The minimum atomic E-state index is -1.01. The van der Waals surface area contributed by atoms with Crippen molar-refractivity contribution in [3.63, 3.8) is 0 Å². The molecular formula is C14H17N3O5. The molecule has 0 aliphatic carbocycles. The van der Waals surface area contributed by atoms with Crippen molar-refractivity contribution in [1.82, 2.24) is 15.5 Å². The van der Waals surface area contributed by atoms with E-state index >= 15 is 0 Å². The molecule has 1 aliphatic rings. The van der Waals surface area contributed by atoms with Crippen LogP contribution >= 0.6 is 0 Å². The molecule has 0 saturated carbocycles. The van der Waals surface area contributed by atoms with E-state index in [2.05, 4.69) is 10.6 Å². The van der Waals surface area contributed by atoms with Crippen molar-refractivity contribution in [1.29, 1.82) is 0 Å². The van der Waals surface area contributed by atoms with Crippen LogP contribution in [-0.4, -0.2) is 53.8 Å². The number of likely N-dealkylation sites (tertiary alicyclic amines) is 1. The Kier molecular flexibility index (Phi) is 5.18. The van der Waals surface area contributed by atoms with Gasteiger partial charge in [0.05, 0.1) is 6.04 Å². The Morgan fingerprint density at radius 3 is 2.55 bits per heavy atom. The van der Waals surface area contributed by atoms with Crippen molar-refractivity contribution >= 4 is 18.1 Å². The first kappa shape index (κ1) is 15.6.